The van der Waals surface area contributed by atoms with Crippen LogP contribution in [0.2, 0.25) is 0 Å². The van der Waals surface area contributed by atoms with Gasteiger partial charge in [0, 0.05) is 6.54 Å². The van der Waals surface area contributed by atoms with Crippen molar-refractivity contribution in [1.82, 2.24) is 10.2 Å². The van der Waals surface area contributed by atoms with E-state index in [1.54, 1.807) is 6.20 Å². The van der Waals surface area contributed by atoms with E-state index in [1.807, 2.05) is 6.08 Å². The number of nitrogens with zero attached hydrogens (tertiary/aromatic N) is 1. The molecule has 1 aromatic rings. The minimum absolute atomic E-state index is 0.252. The highest BCUT2D eigenvalue weighted by atomic mass is 79.9. The molecule has 1 heterocycles. The Morgan fingerprint density at radius 3 is 3.19 bits per heavy atom. The number of hydrogen-bond donors (Lipinski definition) is 2. The number of aromatic nitrogens is 2. The molecule has 0 spiro atoms. The summed E-state index contributed by atoms with van der Waals surface area (Å²) in [6.07, 6.45) is 4.20. The second-order valence-electron chi connectivity index (χ2n) is 3.04. The van der Waals surface area contributed by atoms with E-state index in [1.165, 1.54) is 0 Å². The van der Waals surface area contributed by atoms with Crippen LogP contribution in [0.5, 0.6) is 0 Å². The van der Waals surface area contributed by atoms with E-state index >= 15 is 0 Å². The van der Waals surface area contributed by atoms with Crippen LogP contribution in [0, 0.1) is 0 Å². The van der Waals surface area contributed by atoms with Gasteiger partial charge >= 0.3 is 0 Å². The molecule has 1 rings (SSSR count). The summed E-state index contributed by atoms with van der Waals surface area (Å²) >= 11 is 3.17. The maximum absolute atomic E-state index is 11.2. The topological polar surface area (TPSA) is 67.0 Å². The summed E-state index contributed by atoms with van der Waals surface area (Å²) in [4.78, 5) is 11.2. The van der Waals surface area contributed by atoms with Gasteiger partial charge in [-0.05, 0) is 22.4 Å². The summed E-state index contributed by atoms with van der Waals surface area (Å²) in [6.45, 7) is 5.47. The number of halogens is 1. The molecule has 88 valence electrons. The van der Waals surface area contributed by atoms with Crippen molar-refractivity contribution in [3.63, 3.8) is 0 Å². The zero-order valence-corrected chi connectivity index (χ0v) is 10.4. The monoisotopic (exact) mass is 287 g/mol. The Kier molecular flexibility index (Phi) is 5.81. The van der Waals surface area contributed by atoms with Crippen molar-refractivity contribution < 1.29 is 4.74 Å². The fourth-order valence-electron chi connectivity index (χ4n) is 1.03. The highest BCUT2D eigenvalue weighted by molar-refractivity contribution is 9.10. The largest absolute Gasteiger partial charge is 0.380 e. The van der Waals surface area contributed by atoms with Gasteiger partial charge in [0.05, 0.1) is 25.1 Å². The molecule has 5 nitrogen and oxygen atoms in total. The van der Waals surface area contributed by atoms with Gasteiger partial charge in [-0.15, -0.1) is 6.58 Å². The van der Waals surface area contributed by atoms with Gasteiger partial charge in [0.15, 0.2) is 0 Å². The Balaban J connectivity index is 2.29. The molecule has 0 aromatic carbocycles. The number of aromatic amines is 1. The SMILES string of the molecule is C=CCCOCCNc1cn[nH]c(=O)c1Br. The Morgan fingerprint density at radius 2 is 2.44 bits per heavy atom. The smallest absolute Gasteiger partial charge is 0.280 e. The van der Waals surface area contributed by atoms with Crippen LogP contribution in [0.25, 0.3) is 0 Å². The van der Waals surface area contributed by atoms with Crippen molar-refractivity contribution in [3.8, 4) is 0 Å². The minimum atomic E-state index is -0.252. The lowest BCUT2D eigenvalue weighted by molar-refractivity contribution is 0.149. The highest BCUT2D eigenvalue weighted by Gasteiger charge is 2.02. The number of ether oxygens (including phenoxy) is 1. The van der Waals surface area contributed by atoms with Gasteiger partial charge < -0.3 is 10.1 Å². The van der Waals surface area contributed by atoms with Gasteiger partial charge in [-0.3, -0.25) is 4.79 Å². The number of nitrogens with one attached hydrogen (secondary N) is 2. The molecule has 0 unspecified atom stereocenters. The standard InChI is InChI=1S/C10H14BrN3O2/c1-2-3-5-16-6-4-12-8-7-13-14-10(15)9(8)11/h2,7H,1,3-6H2,(H2,12,14,15). The molecule has 0 fully saturated rings. The fraction of sp³-hybridized carbons (Fsp3) is 0.400. The first-order valence-corrected chi connectivity index (χ1v) is 5.70. The van der Waals surface area contributed by atoms with E-state index in [0.717, 1.165) is 6.42 Å². The molecule has 0 atom stereocenters. The maximum Gasteiger partial charge on any atom is 0.280 e. The van der Waals surface area contributed by atoms with Crippen LogP contribution in [-0.4, -0.2) is 30.0 Å². The first-order chi connectivity index (χ1) is 7.75. The van der Waals surface area contributed by atoms with Crippen LogP contribution < -0.4 is 10.9 Å². The van der Waals surface area contributed by atoms with Gasteiger partial charge in [-0.1, -0.05) is 6.08 Å². The van der Waals surface area contributed by atoms with E-state index in [-0.39, 0.29) is 5.56 Å². The Bertz CT molecular complexity index is 392. The van der Waals surface area contributed by atoms with Gasteiger partial charge in [-0.25, -0.2) is 5.10 Å². The average Bonchev–Trinajstić information content (AvgIpc) is 2.29. The number of anilines is 1. The van der Waals surface area contributed by atoms with Crippen molar-refractivity contribution in [3.05, 3.63) is 33.7 Å². The zero-order chi connectivity index (χ0) is 11.8. The molecule has 6 heteroatoms. The van der Waals surface area contributed by atoms with E-state index in [0.29, 0.717) is 29.9 Å². The van der Waals surface area contributed by atoms with Crippen LogP contribution >= 0.6 is 15.9 Å². The molecule has 0 radical (unpaired) electrons. The number of hydrogen-bond acceptors (Lipinski definition) is 4. The quantitative estimate of drug-likeness (QED) is 0.590. The fourth-order valence-corrected chi connectivity index (χ4v) is 1.36. The first kappa shape index (κ1) is 12.9. The summed E-state index contributed by atoms with van der Waals surface area (Å²) in [6, 6.07) is 0. The third-order valence-corrected chi connectivity index (χ3v) is 2.61. The van der Waals surface area contributed by atoms with Crippen molar-refractivity contribution >= 4 is 21.6 Å². The summed E-state index contributed by atoms with van der Waals surface area (Å²) in [5.41, 5.74) is 0.411. The predicted octanol–water partition coefficient (Wildman–Crippen LogP) is 1.54. The van der Waals surface area contributed by atoms with Gasteiger partial charge in [-0.2, -0.15) is 5.10 Å². The number of rotatable bonds is 7. The van der Waals surface area contributed by atoms with Crippen molar-refractivity contribution in [2.24, 2.45) is 0 Å². The first-order valence-electron chi connectivity index (χ1n) is 4.91. The summed E-state index contributed by atoms with van der Waals surface area (Å²) in [5, 5.41) is 9.06. The third-order valence-electron chi connectivity index (χ3n) is 1.82. The molecule has 0 bridgehead atoms. The second-order valence-corrected chi connectivity index (χ2v) is 3.84. The minimum Gasteiger partial charge on any atom is -0.380 e. The molecule has 0 aliphatic carbocycles. The zero-order valence-electron chi connectivity index (χ0n) is 8.83. The number of H-pyrrole nitrogens is 1. The van der Waals surface area contributed by atoms with E-state index in [2.05, 4.69) is 38.0 Å². The molecule has 0 amide bonds. The van der Waals surface area contributed by atoms with Crippen molar-refractivity contribution in [2.45, 2.75) is 6.42 Å². The van der Waals surface area contributed by atoms with Crippen LogP contribution in [0.1, 0.15) is 6.42 Å². The molecular formula is C10H14BrN3O2. The maximum atomic E-state index is 11.2. The predicted molar refractivity (Wildman–Crippen MR) is 66.7 cm³/mol. The van der Waals surface area contributed by atoms with Crippen LogP contribution in [0.3, 0.4) is 0 Å². The van der Waals surface area contributed by atoms with Crippen LogP contribution in [-0.2, 0) is 4.74 Å². The Labute approximate surface area is 102 Å². The van der Waals surface area contributed by atoms with Crippen LogP contribution in [0.15, 0.2) is 28.1 Å². The van der Waals surface area contributed by atoms with Crippen molar-refractivity contribution in [1.29, 1.82) is 0 Å². The summed E-state index contributed by atoms with van der Waals surface area (Å²) in [7, 11) is 0. The lowest BCUT2D eigenvalue weighted by Gasteiger charge is -2.07. The van der Waals surface area contributed by atoms with E-state index < -0.39 is 0 Å². The molecule has 0 saturated heterocycles. The van der Waals surface area contributed by atoms with E-state index in [9.17, 15) is 4.79 Å². The summed E-state index contributed by atoms with van der Waals surface area (Å²) in [5.74, 6) is 0. The van der Waals surface area contributed by atoms with Gasteiger partial charge in [0.1, 0.15) is 4.47 Å². The molecule has 0 aliphatic rings. The van der Waals surface area contributed by atoms with Gasteiger partial charge in [0.2, 0.25) is 0 Å². The highest BCUT2D eigenvalue weighted by Crippen LogP contribution is 2.14. The average molecular weight is 288 g/mol. The Hall–Kier alpha value is -1.14. The lowest BCUT2D eigenvalue weighted by Crippen LogP contribution is -2.15. The normalized spacial score (nSPS) is 10.1. The van der Waals surface area contributed by atoms with Crippen LogP contribution in [0.4, 0.5) is 5.69 Å². The molecule has 0 saturated carbocycles. The third kappa shape index (κ3) is 4.16. The second kappa shape index (κ2) is 7.19. The van der Waals surface area contributed by atoms with Crippen molar-refractivity contribution in [2.75, 3.05) is 25.1 Å². The Morgan fingerprint density at radius 1 is 1.62 bits per heavy atom. The molecule has 16 heavy (non-hydrogen) atoms. The molecule has 2 N–H and O–H groups in total. The lowest BCUT2D eigenvalue weighted by atomic mass is 10.4. The van der Waals surface area contributed by atoms with Gasteiger partial charge in [0.25, 0.3) is 5.56 Å². The molecule has 1 aromatic heterocycles. The van der Waals surface area contributed by atoms with E-state index in [4.69, 9.17) is 4.74 Å². The molecular weight excluding hydrogens is 274 g/mol. The summed E-state index contributed by atoms with van der Waals surface area (Å²) < 4.78 is 5.76. The molecule has 0 aliphatic heterocycles.